The largest absolute Gasteiger partial charge is 0.370 e. The Morgan fingerprint density at radius 1 is 1.16 bits per heavy atom. The van der Waals surface area contributed by atoms with Gasteiger partial charge >= 0.3 is 0 Å². The number of likely N-dealkylation sites (N-methyl/N-ethyl adjacent to an activating group) is 1. The maximum Gasteiger partial charge on any atom is 0.271 e. The van der Waals surface area contributed by atoms with Crippen LogP contribution in [0.4, 0.5) is 17.3 Å². The number of nitrogens with two attached hydrogens (primary N) is 1. The molecule has 4 rings (SSSR count). The molecular formula is C22H31ClN8O. The summed E-state index contributed by atoms with van der Waals surface area (Å²) in [6.45, 7) is 8.60. The van der Waals surface area contributed by atoms with Crippen molar-refractivity contribution in [3.05, 3.63) is 34.9 Å². The fourth-order valence-electron chi connectivity index (χ4n) is 4.38. The number of piperazine rings is 1. The number of nitrogens with one attached hydrogen (secondary N) is 1. The number of halogens is 1. The van der Waals surface area contributed by atoms with Crippen molar-refractivity contribution in [2.75, 3.05) is 56.5 Å². The zero-order chi connectivity index (χ0) is 22.7. The van der Waals surface area contributed by atoms with Crippen molar-refractivity contribution < 1.29 is 4.79 Å². The first-order chi connectivity index (χ1) is 15.4. The van der Waals surface area contributed by atoms with Crippen LogP contribution in [-0.4, -0.2) is 83.0 Å². The summed E-state index contributed by atoms with van der Waals surface area (Å²) < 4.78 is 0. The van der Waals surface area contributed by atoms with Crippen LogP contribution in [0.25, 0.3) is 0 Å². The number of aryl methyl sites for hydroxylation is 1. The molecule has 0 spiro atoms. The number of primary amides is 1. The van der Waals surface area contributed by atoms with Crippen LogP contribution in [0.15, 0.2) is 18.3 Å². The maximum atomic E-state index is 11.8. The Balaban J connectivity index is 1.38. The molecule has 0 unspecified atom stereocenters. The lowest BCUT2D eigenvalue weighted by Gasteiger charge is -2.42. The van der Waals surface area contributed by atoms with E-state index in [1.54, 1.807) is 0 Å². The van der Waals surface area contributed by atoms with E-state index in [0.29, 0.717) is 24.0 Å². The van der Waals surface area contributed by atoms with Gasteiger partial charge in [0.15, 0.2) is 16.7 Å². The molecule has 9 nitrogen and oxygen atoms in total. The first-order valence-electron chi connectivity index (χ1n) is 11.2. The number of amides is 1. The number of carbonyl (C=O) groups is 1. The van der Waals surface area contributed by atoms with E-state index in [9.17, 15) is 4.79 Å². The van der Waals surface area contributed by atoms with E-state index in [2.05, 4.69) is 42.0 Å². The number of hydrogen-bond acceptors (Lipinski definition) is 8. The molecule has 0 bridgehead atoms. The van der Waals surface area contributed by atoms with Gasteiger partial charge in [0, 0.05) is 45.3 Å². The molecule has 0 radical (unpaired) electrons. The standard InChI is InChI=1S/C22H31ClN8O/c1-3-17-20(23)28-22(19(26-17)21(24)32)27-18-5-4-16(14-25-18)30-8-6-15(7-9-30)31-12-10-29(2)11-13-31/h4-5,14-15H,3,6-13H2,1-2H3,(H2,24,32)(H,25,27,28). The zero-order valence-corrected chi connectivity index (χ0v) is 19.5. The van der Waals surface area contributed by atoms with Gasteiger partial charge in [-0.05, 0) is 38.4 Å². The van der Waals surface area contributed by atoms with Gasteiger partial charge in [0.2, 0.25) is 0 Å². The molecule has 1 amide bonds. The summed E-state index contributed by atoms with van der Waals surface area (Å²) in [5, 5.41) is 3.28. The average molecular weight is 459 g/mol. The van der Waals surface area contributed by atoms with Crippen LogP contribution in [0.2, 0.25) is 5.15 Å². The lowest BCUT2D eigenvalue weighted by Crippen LogP contribution is -2.52. The first kappa shape index (κ1) is 22.7. The van der Waals surface area contributed by atoms with Crippen LogP contribution in [0.5, 0.6) is 0 Å². The summed E-state index contributed by atoms with van der Waals surface area (Å²) in [6.07, 6.45) is 4.75. The van der Waals surface area contributed by atoms with Crippen molar-refractivity contribution in [1.29, 1.82) is 0 Å². The Morgan fingerprint density at radius 3 is 2.47 bits per heavy atom. The van der Waals surface area contributed by atoms with Crippen LogP contribution in [0.3, 0.4) is 0 Å². The fraction of sp³-hybridized carbons (Fsp3) is 0.545. The molecule has 2 aliphatic heterocycles. The topological polar surface area (TPSA) is 104 Å². The van der Waals surface area contributed by atoms with Gasteiger partial charge in [-0.2, -0.15) is 0 Å². The third-order valence-electron chi connectivity index (χ3n) is 6.37. The van der Waals surface area contributed by atoms with Gasteiger partial charge < -0.3 is 20.9 Å². The smallest absolute Gasteiger partial charge is 0.271 e. The molecule has 2 fully saturated rings. The molecule has 32 heavy (non-hydrogen) atoms. The number of piperidine rings is 1. The van der Waals surface area contributed by atoms with Crippen molar-refractivity contribution in [3.8, 4) is 0 Å². The van der Waals surface area contributed by atoms with Gasteiger partial charge in [-0.25, -0.2) is 15.0 Å². The second-order valence-corrected chi connectivity index (χ2v) is 8.82. The summed E-state index contributed by atoms with van der Waals surface area (Å²) in [7, 11) is 2.20. The number of hydrogen-bond donors (Lipinski definition) is 2. The monoisotopic (exact) mass is 458 g/mol. The summed E-state index contributed by atoms with van der Waals surface area (Å²) in [5.74, 6) is 0.109. The minimum Gasteiger partial charge on any atom is -0.370 e. The molecule has 2 aromatic heterocycles. The highest BCUT2D eigenvalue weighted by atomic mass is 35.5. The Hall–Kier alpha value is -2.49. The summed E-state index contributed by atoms with van der Waals surface area (Å²) in [5.41, 5.74) is 7.16. The minimum absolute atomic E-state index is 0.0584. The highest BCUT2D eigenvalue weighted by Gasteiger charge is 2.27. The Morgan fingerprint density at radius 2 is 1.88 bits per heavy atom. The summed E-state index contributed by atoms with van der Waals surface area (Å²) in [4.78, 5) is 32.3. The van der Waals surface area contributed by atoms with Gasteiger partial charge in [-0.3, -0.25) is 9.69 Å². The van der Waals surface area contributed by atoms with Gasteiger partial charge in [0.05, 0.1) is 17.6 Å². The van der Waals surface area contributed by atoms with E-state index < -0.39 is 5.91 Å². The van der Waals surface area contributed by atoms with Crippen LogP contribution in [-0.2, 0) is 6.42 Å². The molecule has 3 N–H and O–H groups in total. The lowest BCUT2D eigenvalue weighted by molar-refractivity contribution is 0.0982. The van der Waals surface area contributed by atoms with E-state index in [1.165, 1.54) is 25.9 Å². The number of aromatic nitrogens is 3. The van der Waals surface area contributed by atoms with Gasteiger partial charge in [0.25, 0.3) is 5.91 Å². The average Bonchev–Trinajstić information content (AvgIpc) is 2.80. The number of carbonyl (C=O) groups excluding carboxylic acids is 1. The van der Waals surface area contributed by atoms with E-state index in [4.69, 9.17) is 17.3 Å². The van der Waals surface area contributed by atoms with Crippen molar-refractivity contribution in [1.82, 2.24) is 24.8 Å². The number of anilines is 3. The van der Waals surface area contributed by atoms with Crippen LogP contribution < -0.4 is 16.0 Å². The fourth-order valence-corrected chi connectivity index (χ4v) is 4.64. The normalized spacial score (nSPS) is 18.7. The van der Waals surface area contributed by atoms with Crippen molar-refractivity contribution in [2.24, 2.45) is 5.73 Å². The van der Waals surface area contributed by atoms with Crippen molar-refractivity contribution in [3.63, 3.8) is 0 Å². The van der Waals surface area contributed by atoms with Gasteiger partial charge in [0.1, 0.15) is 5.82 Å². The Kier molecular flexibility index (Phi) is 7.07. The molecule has 0 saturated carbocycles. The molecular weight excluding hydrogens is 428 g/mol. The lowest BCUT2D eigenvalue weighted by atomic mass is 10.0. The van der Waals surface area contributed by atoms with Crippen LogP contribution in [0, 0.1) is 0 Å². The quantitative estimate of drug-likeness (QED) is 0.678. The third kappa shape index (κ3) is 5.11. The molecule has 0 aromatic carbocycles. The van der Waals surface area contributed by atoms with E-state index in [0.717, 1.165) is 31.9 Å². The molecule has 172 valence electrons. The number of nitrogens with zero attached hydrogens (tertiary/aromatic N) is 6. The molecule has 0 aliphatic carbocycles. The zero-order valence-electron chi connectivity index (χ0n) is 18.7. The SMILES string of the molecule is CCc1nc(C(N)=O)c(Nc2ccc(N3CCC(N4CCN(C)CC4)CC3)cn2)nc1Cl. The predicted octanol–water partition coefficient (Wildman–Crippen LogP) is 2.15. The number of rotatable bonds is 6. The second kappa shape index (κ2) is 9.97. The van der Waals surface area contributed by atoms with E-state index in [-0.39, 0.29) is 16.7 Å². The molecule has 2 saturated heterocycles. The number of pyridine rings is 1. The van der Waals surface area contributed by atoms with Crippen molar-refractivity contribution >= 4 is 34.8 Å². The second-order valence-electron chi connectivity index (χ2n) is 8.46. The van der Waals surface area contributed by atoms with Crippen LogP contribution >= 0.6 is 11.6 Å². The van der Waals surface area contributed by atoms with Gasteiger partial charge in [-0.15, -0.1) is 0 Å². The highest BCUT2D eigenvalue weighted by Crippen LogP contribution is 2.25. The molecule has 10 heteroatoms. The maximum absolute atomic E-state index is 11.8. The van der Waals surface area contributed by atoms with Crippen molar-refractivity contribution in [2.45, 2.75) is 32.2 Å². The Bertz CT molecular complexity index is 938. The summed E-state index contributed by atoms with van der Waals surface area (Å²) in [6, 6.07) is 4.58. The van der Waals surface area contributed by atoms with Crippen LogP contribution in [0.1, 0.15) is 35.9 Å². The van der Waals surface area contributed by atoms with E-state index in [1.807, 2.05) is 25.3 Å². The summed E-state index contributed by atoms with van der Waals surface area (Å²) >= 11 is 6.18. The molecule has 2 aliphatic rings. The molecule has 4 heterocycles. The van der Waals surface area contributed by atoms with E-state index >= 15 is 0 Å². The predicted molar refractivity (Wildman–Crippen MR) is 127 cm³/mol. The molecule has 0 atom stereocenters. The Labute approximate surface area is 194 Å². The minimum atomic E-state index is -0.661. The third-order valence-corrected chi connectivity index (χ3v) is 6.67. The first-order valence-corrected chi connectivity index (χ1v) is 11.6. The highest BCUT2D eigenvalue weighted by molar-refractivity contribution is 6.30. The van der Waals surface area contributed by atoms with Gasteiger partial charge in [-0.1, -0.05) is 18.5 Å². The molecule has 2 aromatic rings.